The SMILES string of the molecule is Cc1ccc(-c2ccc(CCC(=O)Nc3ccccc3)o2)cc1. The van der Waals surface area contributed by atoms with E-state index in [2.05, 4.69) is 24.4 Å². The second kappa shape index (κ2) is 6.97. The Labute approximate surface area is 136 Å². The van der Waals surface area contributed by atoms with E-state index in [1.54, 1.807) is 0 Å². The Kier molecular flexibility index (Phi) is 4.57. The molecule has 0 saturated carbocycles. The van der Waals surface area contributed by atoms with Crippen LogP contribution in [-0.2, 0) is 11.2 Å². The molecule has 3 aromatic rings. The zero-order valence-corrected chi connectivity index (χ0v) is 13.1. The zero-order valence-electron chi connectivity index (χ0n) is 13.1. The first-order valence-electron chi connectivity index (χ1n) is 7.71. The van der Waals surface area contributed by atoms with Crippen LogP contribution in [-0.4, -0.2) is 5.91 Å². The summed E-state index contributed by atoms with van der Waals surface area (Å²) in [6, 6.07) is 21.6. The Morgan fingerprint density at radius 1 is 0.957 bits per heavy atom. The minimum absolute atomic E-state index is 0.00974. The summed E-state index contributed by atoms with van der Waals surface area (Å²) >= 11 is 0. The zero-order chi connectivity index (χ0) is 16.1. The van der Waals surface area contributed by atoms with Crippen LogP contribution in [0.15, 0.2) is 71.1 Å². The van der Waals surface area contributed by atoms with Crippen molar-refractivity contribution >= 4 is 11.6 Å². The Bertz CT molecular complexity index is 773. The van der Waals surface area contributed by atoms with E-state index in [1.165, 1.54) is 5.56 Å². The lowest BCUT2D eigenvalue weighted by Gasteiger charge is -2.03. The van der Waals surface area contributed by atoms with Gasteiger partial charge in [0.05, 0.1) is 0 Å². The van der Waals surface area contributed by atoms with Gasteiger partial charge in [-0.1, -0.05) is 48.0 Å². The maximum atomic E-state index is 11.9. The van der Waals surface area contributed by atoms with Crippen molar-refractivity contribution in [1.29, 1.82) is 0 Å². The quantitative estimate of drug-likeness (QED) is 0.734. The number of hydrogen-bond acceptors (Lipinski definition) is 2. The minimum atomic E-state index is -0.00974. The first-order valence-corrected chi connectivity index (χ1v) is 7.71. The molecule has 1 aromatic heterocycles. The van der Waals surface area contributed by atoms with Crippen LogP contribution in [0.1, 0.15) is 17.7 Å². The number of rotatable bonds is 5. The molecule has 3 heteroatoms. The minimum Gasteiger partial charge on any atom is -0.461 e. The lowest BCUT2D eigenvalue weighted by atomic mass is 10.1. The van der Waals surface area contributed by atoms with Crippen molar-refractivity contribution in [3.63, 3.8) is 0 Å². The van der Waals surface area contributed by atoms with Crippen molar-refractivity contribution in [2.24, 2.45) is 0 Å². The molecule has 2 aromatic carbocycles. The number of aryl methyl sites for hydroxylation is 2. The summed E-state index contributed by atoms with van der Waals surface area (Å²) in [5.74, 6) is 1.65. The van der Waals surface area contributed by atoms with Gasteiger partial charge in [0.25, 0.3) is 0 Å². The smallest absolute Gasteiger partial charge is 0.224 e. The molecule has 3 rings (SSSR count). The molecular formula is C20H19NO2. The Balaban J connectivity index is 1.57. The molecular weight excluding hydrogens is 286 g/mol. The fourth-order valence-electron chi connectivity index (χ4n) is 2.37. The van der Waals surface area contributed by atoms with Crippen LogP contribution in [0, 0.1) is 6.92 Å². The number of para-hydroxylation sites is 1. The van der Waals surface area contributed by atoms with E-state index in [0.29, 0.717) is 12.8 Å². The van der Waals surface area contributed by atoms with E-state index < -0.39 is 0 Å². The molecule has 0 aliphatic rings. The summed E-state index contributed by atoms with van der Waals surface area (Å²) in [6.07, 6.45) is 0.986. The van der Waals surface area contributed by atoms with Gasteiger partial charge in [-0.25, -0.2) is 0 Å². The van der Waals surface area contributed by atoms with E-state index in [0.717, 1.165) is 22.8 Å². The predicted octanol–water partition coefficient (Wildman–Crippen LogP) is 4.83. The number of benzene rings is 2. The monoisotopic (exact) mass is 305 g/mol. The van der Waals surface area contributed by atoms with Crippen LogP contribution >= 0.6 is 0 Å². The highest BCUT2D eigenvalue weighted by Gasteiger charge is 2.08. The van der Waals surface area contributed by atoms with Crippen molar-refractivity contribution in [2.75, 3.05) is 5.32 Å². The molecule has 0 atom stereocenters. The fourth-order valence-corrected chi connectivity index (χ4v) is 2.37. The van der Waals surface area contributed by atoms with Gasteiger partial charge in [-0.15, -0.1) is 0 Å². The van der Waals surface area contributed by atoms with Gasteiger partial charge >= 0.3 is 0 Å². The maximum Gasteiger partial charge on any atom is 0.224 e. The Morgan fingerprint density at radius 2 is 1.70 bits per heavy atom. The van der Waals surface area contributed by atoms with Crippen molar-refractivity contribution in [3.8, 4) is 11.3 Å². The second-order valence-corrected chi connectivity index (χ2v) is 5.55. The largest absolute Gasteiger partial charge is 0.461 e. The predicted molar refractivity (Wildman–Crippen MR) is 92.3 cm³/mol. The Morgan fingerprint density at radius 3 is 2.43 bits per heavy atom. The van der Waals surface area contributed by atoms with Crippen LogP contribution in [0.4, 0.5) is 5.69 Å². The lowest BCUT2D eigenvalue weighted by Crippen LogP contribution is -2.11. The number of furan rings is 1. The number of carbonyl (C=O) groups is 1. The topological polar surface area (TPSA) is 42.2 Å². The van der Waals surface area contributed by atoms with E-state index in [4.69, 9.17) is 4.42 Å². The number of anilines is 1. The average molecular weight is 305 g/mol. The molecule has 0 aliphatic heterocycles. The van der Waals surface area contributed by atoms with Crippen LogP contribution in [0.2, 0.25) is 0 Å². The summed E-state index contributed by atoms with van der Waals surface area (Å²) in [7, 11) is 0. The van der Waals surface area contributed by atoms with Crippen LogP contribution in [0.25, 0.3) is 11.3 Å². The highest BCUT2D eigenvalue weighted by molar-refractivity contribution is 5.90. The standard InChI is InChI=1S/C20H19NO2/c1-15-7-9-16(10-8-15)19-13-11-18(23-19)12-14-20(22)21-17-5-3-2-4-6-17/h2-11,13H,12,14H2,1H3,(H,21,22). The molecule has 0 bridgehead atoms. The van der Waals surface area contributed by atoms with E-state index in [-0.39, 0.29) is 5.91 Å². The molecule has 0 fully saturated rings. The molecule has 0 aliphatic carbocycles. The van der Waals surface area contributed by atoms with Gasteiger partial charge in [0.15, 0.2) is 0 Å². The first kappa shape index (κ1) is 15.1. The van der Waals surface area contributed by atoms with Crippen molar-refractivity contribution in [3.05, 3.63) is 78.1 Å². The van der Waals surface area contributed by atoms with E-state index in [1.807, 2.05) is 54.6 Å². The fraction of sp³-hybridized carbons (Fsp3) is 0.150. The van der Waals surface area contributed by atoms with E-state index >= 15 is 0 Å². The van der Waals surface area contributed by atoms with Gasteiger partial charge in [0, 0.05) is 24.1 Å². The summed E-state index contributed by atoms with van der Waals surface area (Å²) in [5, 5.41) is 2.88. The molecule has 0 radical (unpaired) electrons. The second-order valence-electron chi connectivity index (χ2n) is 5.55. The van der Waals surface area contributed by atoms with Gasteiger partial charge in [-0.3, -0.25) is 4.79 Å². The third kappa shape index (κ3) is 4.10. The van der Waals surface area contributed by atoms with Crippen molar-refractivity contribution in [2.45, 2.75) is 19.8 Å². The van der Waals surface area contributed by atoms with Gasteiger partial charge < -0.3 is 9.73 Å². The first-order chi connectivity index (χ1) is 11.2. The normalized spacial score (nSPS) is 10.5. The maximum absolute atomic E-state index is 11.9. The number of nitrogens with one attached hydrogen (secondary N) is 1. The average Bonchev–Trinajstić information content (AvgIpc) is 3.04. The molecule has 3 nitrogen and oxygen atoms in total. The van der Waals surface area contributed by atoms with E-state index in [9.17, 15) is 4.79 Å². The highest BCUT2D eigenvalue weighted by atomic mass is 16.3. The molecule has 116 valence electrons. The number of carbonyl (C=O) groups excluding carboxylic acids is 1. The van der Waals surface area contributed by atoms with Crippen LogP contribution < -0.4 is 5.32 Å². The van der Waals surface area contributed by atoms with Gasteiger partial charge in [-0.05, 0) is 31.2 Å². The third-order valence-electron chi connectivity index (χ3n) is 3.65. The van der Waals surface area contributed by atoms with Crippen molar-refractivity contribution < 1.29 is 9.21 Å². The van der Waals surface area contributed by atoms with Crippen LogP contribution in [0.5, 0.6) is 0 Å². The van der Waals surface area contributed by atoms with Gasteiger partial charge in [0.2, 0.25) is 5.91 Å². The van der Waals surface area contributed by atoms with Gasteiger partial charge in [0.1, 0.15) is 11.5 Å². The number of hydrogen-bond donors (Lipinski definition) is 1. The molecule has 1 amide bonds. The molecule has 1 N–H and O–H groups in total. The molecule has 0 saturated heterocycles. The lowest BCUT2D eigenvalue weighted by molar-refractivity contribution is -0.116. The Hall–Kier alpha value is -2.81. The molecule has 23 heavy (non-hydrogen) atoms. The molecule has 0 spiro atoms. The molecule has 1 heterocycles. The summed E-state index contributed by atoms with van der Waals surface area (Å²) in [6.45, 7) is 2.06. The highest BCUT2D eigenvalue weighted by Crippen LogP contribution is 2.23. The van der Waals surface area contributed by atoms with Crippen LogP contribution in [0.3, 0.4) is 0 Å². The number of amides is 1. The summed E-state index contributed by atoms with van der Waals surface area (Å²) in [4.78, 5) is 11.9. The molecule has 0 unspecified atom stereocenters. The third-order valence-corrected chi connectivity index (χ3v) is 3.65. The summed E-state index contributed by atoms with van der Waals surface area (Å²) in [5.41, 5.74) is 3.09. The summed E-state index contributed by atoms with van der Waals surface area (Å²) < 4.78 is 5.83. The van der Waals surface area contributed by atoms with Gasteiger partial charge in [-0.2, -0.15) is 0 Å². The van der Waals surface area contributed by atoms with Crippen molar-refractivity contribution in [1.82, 2.24) is 0 Å².